The summed E-state index contributed by atoms with van der Waals surface area (Å²) < 4.78 is 8.23. The summed E-state index contributed by atoms with van der Waals surface area (Å²) in [6.07, 6.45) is 0. The molecule has 0 saturated carbocycles. The molecule has 3 N–H and O–H groups in total. The molecule has 0 atom stereocenters. The van der Waals surface area contributed by atoms with Crippen molar-refractivity contribution in [1.82, 2.24) is 0 Å². The highest BCUT2D eigenvalue weighted by Gasteiger charge is 2.18. The van der Waals surface area contributed by atoms with Crippen molar-refractivity contribution in [3.63, 3.8) is 0 Å². The molecule has 0 bridgehead atoms. The normalized spacial score (nSPS) is 11.5. The first kappa shape index (κ1) is 10.3. The molecule has 0 amide bonds. The minimum Gasteiger partial charge on any atom is -0.500 e. The average Bonchev–Trinajstić information content (AvgIpc) is 2.12. The zero-order valence-electron chi connectivity index (χ0n) is 6.66. The first-order chi connectivity index (χ1) is 5.54. The van der Waals surface area contributed by atoms with Gasteiger partial charge in [-0.15, -0.1) is 0 Å². The van der Waals surface area contributed by atoms with Crippen LogP contribution in [-0.4, -0.2) is 31.3 Å². The summed E-state index contributed by atoms with van der Waals surface area (Å²) in [5, 5.41) is 8.87. The van der Waals surface area contributed by atoms with Gasteiger partial charge >= 0.3 is 11.9 Å². The summed E-state index contributed by atoms with van der Waals surface area (Å²) in [4.78, 5) is 21.2. The second kappa shape index (κ2) is 4.22. The van der Waals surface area contributed by atoms with Crippen LogP contribution in [0.1, 0.15) is 0 Å². The monoisotopic (exact) mass is 175 g/mol. The van der Waals surface area contributed by atoms with Gasteiger partial charge in [-0.05, 0) is 0 Å². The standard InChI is InChI=1S/C6H9NO5/c1-11-5(9)3(7)4(8)6(10)12-2/h8H,7H2,1-2H3/b4-3-. The predicted molar refractivity (Wildman–Crippen MR) is 37.9 cm³/mol. The number of carbonyl (C=O) groups excluding carboxylic acids is 2. The Labute approximate surface area is 68.6 Å². The Balaban J connectivity index is 4.68. The van der Waals surface area contributed by atoms with Crippen LogP contribution in [0.3, 0.4) is 0 Å². The van der Waals surface area contributed by atoms with Gasteiger partial charge in [0.05, 0.1) is 14.2 Å². The Hall–Kier alpha value is -1.72. The molecule has 0 saturated heterocycles. The fourth-order valence-corrected chi connectivity index (χ4v) is 0.413. The van der Waals surface area contributed by atoms with Crippen molar-refractivity contribution >= 4 is 11.9 Å². The molecule has 0 fully saturated rings. The summed E-state index contributed by atoms with van der Waals surface area (Å²) in [5.74, 6) is -3.03. The number of aliphatic hydroxyl groups is 1. The fourth-order valence-electron chi connectivity index (χ4n) is 0.413. The molecule has 0 aromatic heterocycles. The van der Waals surface area contributed by atoms with Gasteiger partial charge in [0.15, 0.2) is 5.70 Å². The van der Waals surface area contributed by atoms with Crippen molar-refractivity contribution in [2.24, 2.45) is 5.73 Å². The first-order valence-corrected chi connectivity index (χ1v) is 2.90. The van der Waals surface area contributed by atoms with Gasteiger partial charge in [0.25, 0.3) is 0 Å². The third-order valence-corrected chi connectivity index (χ3v) is 1.04. The lowest BCUT2D eigenvalue weighted by molar-refractivity contribution is -0.141. The highest BCUT2D eigenvalue weighted by Crippen LogP contribution is 1.98. The maximum Gasteiger partial charge on any atom is 0.375 e. The molecule has 0 heterocycles. The number of hydrogen-bond donors (Lipinski definition) is 2. The molecule has 68 valence electrons. The highest BCUT2D eigenvalue weighted by atomic mass is 16.5. The van der Waals surface area contributed by atoms with E-state index in [-0.39, 0.29) is 0 Å². The number of ether oxygens (including phenoxy) is 2. The van der Waals surface area contributed by atoms with Crippen LogP contribution in [0.4, 0.5) is 0 Å². The van der Waals surface area contributed by atoms with Crippen LogP contribution >= 0.6 is 0 Å². The van der Waals surface area contributed by atoms with E-state index in [0.29, 0.717) is 0 Å². The summed E-state index contributed by atoms with van der Waals surface area (Å²) in [5.41, 5.74) is 4.33. The minimum atomic E-state index is -1.09. The summed E-state index contributed by atoms with van der Waals surface area (Å²) >= 11 is 0. The lowest BCUT2D eigenvalue weighted by Crippen LogP contribution is -2.20. The molecular weight excluding hydrogens is 166 g/mol. The molecule has 0 aliphatic carbocycles. The maximum absolute atomic E-state index is 10.6. The van der Waals surface area contributed by atoms with Crippen molar-refractivity contribution in [1.29, 1.82) is 0 Å². The van der Waals surface area contributed by atoms with E-state index >= 15 is 0 Å². The molecule has 6 heteroatoms. The van der Waals surface area contributed by atoms with E-state index < -0.39 is 23.4 Å². The maximum atomic E-state index is 10.6. The Bertz CT molecular complexity index is 208. The van der Waals surface area contributed by atoms with Crippen molar-refractivity contribution < 1.29 is 24.2 Å². The van der Waals surface area contributed by atoms with Crippen LogP contribution < -0.4 is 5.73 Å². The Kier molecular flexibility index (Phi) is 3.61. The van der Waals surface area contributed by atoms with Crippen LogP contribution in [0.5, 0.6) is 0 Å². The van der Waals surface area contributed by atoms with Gasteiger partial charge in [0.2, 0.25) is 5.76 Å². The smallest absolute Gasteiger partial charge is 0.375 e. The molecule has 0 aromatic rings. The van der Waals surface area contributed by atoms with E-state index in [9.17, 15) is 9.59 Å². The molecule has 6 nitrogen and oxygen atoms in total. The number of nitrogens with two attached hydrogens (primary N) is 1. The molecule has 0 aliphatic heterocycles. The number of methoxy groups -OCH3 is 2. The molecule has 0 unspecified atom stereocenters. The van der Waals surface area contributed by atoms with Gasteiger partial charge in [-0.25, -0.2) is 9.59 Å². The summed E-state index contributed by atoms with van der Waals surface area (Å²) in [7, 11) is 2.11. The largest absolute Gasteiger partial charge is 0.500 e. The highest BCUT2D eigenvalue weighted by molar-refractivity contribution is 5.97. The zero-order chi connectivity index (χ0) is 9.72. The SMILES string of the molecule is COC(=O)/C(N)=C(/O)C(=O)OC. The van der Waals surface area contributed by atoms with Crippen LogP contribution in [-0.2, 0) is 19.1 Å². The predicted octanol–water partition coefficient (Wildman–Crippen LogP) is -0.939. The molecule has 0 radical (unpaired) electrons. The molecule has 0 spiro atoms. The van der Waals surface area contributed by atoms with E-state index in [1.54, 1.807) is 0 Å². The van der Waals surface area contributed by atoms with Crippen LogP contribution in [0, 0.1) is 0 Å². The number of rotatable bonds is 2. The van der Waals surface area contributed by atoms with Crippen LogP contribution in [0.2, 0.25) is 0 Å². The van der Waals surface area contributed by atoms with E-state index in [4.69, 9.17) is 10.8 Å². The molecule has 0 aromatic carbocycles. The number of esters is 2. The van der Waals surface area contributed by atoms with Gasteiger partial charge in [-0.3, -0.25) is 0 Å². The van der Waals surface area contributed by atoms with E-state index in [1.807, 2.05) is 0 Å². The Morgan fingerprint density at radius 3 is 1.92 bits per heavy atom. The van der Waals surface area contributed by atoms with Gasteiger partial charge in [-0.1, -0.05) is 0 Å². The third kappa shape index (κ3) is 2.15. The van der Waals surface area contributed by atoms with Gasteiger partial charge in [0, 0.05) is 0 Å². The van der Waals surface area contributed by atoms with Crippen molar-refractivity contribution in [2.45, 2.75) is 0 Å². The topological polar surface area (TPSA) is 98.9 Å². The average molecular weight is 175 g/mol. The van der Waals surface area contributed by atoms with Crippen molar-refractivity contribution in [3.8, 4) is 0 Å². The van der Waals surface area contributed by atoms with E-state index in [1.165, 1.54) is 0 Å². The number of aliphatic hydroxyl groups excluding tert-OH is 1. The van der Waals surface area contributed by atoms with Gasteiger partial charge in [0.1, 0.15) is 0 Å². The molecule has 0 aliphatic rings. The molecule has 12 heavy (non-hydrogen) atoms. The molecular formula is C6H9NO5. The first-order valence-electron chi connectivity index (χ1n) is 2.90. The second-order valence-corrected chi connectivity index (χ2v) is 1.75. The number of hydrogen-bond acceptors (Lipinski definition) is 6. The zero-order valence-corrected chi connectivity index (χ0v) is 6.66. The minimum absolute atomic E-state index is 0.677. The van der Waals surface area contributed by atoms with E-state index in [2.05, 4.69) is 9.47 Å². The van der Waals surface area contributed by atoms with Crippen LogP contribution in [0.25, 0.3) is 0 Å². The summed E-state index contributed by atoms with van der Waals surface area (Å²) in [6, 6.07) is 0. The van der Waals surface area contributed by atoms with Gasteiger partial charge < -0.3 is 20.3 Å². The number of carbonyl (C=O) groups is 2. The molecule has 0 rings (SSSR count). The van der Waals surface area contributed by atoms with Crippen molar-refractivity contribution in [3.05, 3.63) is 11.5 Å². The summed E-state index contributed by atoms with van der Waals surface area (Å²) in [6.45, 7) is 0. The Morgan fingerprint density at radius 2 is 1.58 bits per heavy atom. The lowest BCUT2D eigenvalue weighted by Gasteiger charge is -2.01. The Morgan fingerprint density at radius 1 is 1.17 bits per heavy atom. The van der Waals surface area contributed by atoms with Crippen LogP contribution in [0.15, 0.2) is 11.5 Å². The second-order valence-electron chi connectivity index (χ2n) is 1.75. The van der Waals surface area contributed by atoms with Crippen molar-refractivity contribution in [2.75, 3.05) is 14.2 Å². The van der Waals surface area contributed by atoms with Gasteiger partial charge in [-0.2, -0.15) is 0 Å². The lowest BCUT2D eigenvalue weighted by atomic mass is 10.4. The quantitative estimate of drug-likeness (QED) is 0.319. The third-order valence-electron chi connectivity index (χ3n) is 1.04. The fraction of sp³-hybridized carbons (Fsp3) is 0.333. The van der Waals surface area contributed by atoms with E-state index in [0.717, 1.165) is 14.2 Å².